The van der Waals surface area contributed by atoms with Gasteiger partial charge in [-0.25, -0.2) is 0 Å². The predicted molar refractivity (Wildman–Crippen MR) is 81.9 cm³/mol. The number of aromatic nitrogens is 1. The summed E-state index contributed by atoms with van der Waals surface area (Å²) in [7, 11) is 2.22. The van der Waals surface area contributed by atoms with Crippen LogP contribution in [-0.4, -0.2) is 30.2 Å². The molecular formula is C16H23N3. The number of aryl methyl sites for hydroxylation is 1. The molecule has 3 heteroatoms. The van der Waals surface area contributed by atoms with Crippen molar-refractivity contribution in [1.29, 1.82) is 0 Å². The predicted octanol–water partition coefficient (Wildman–Crippen LogP) is 3.05. The van der Waals surface area contributed by atoms with Gasteiger partial charge < -0.3 is 15.2 Å². The molecule has 1 atom stereocenters. The Morgan fingerprint density at radius 1 is 1.26 bits per heavy atom. The fraction of sp³-hybridized carbons (Fsp3) is 0.500. The third-order valence-corrected chi connectivity index (χ3v) is 4.32. The molecule has 2 heterocycles. The molecule has 1 aromatic carbocycles. The highest BCUT2D eigenvalue weighted by Gasteiger charge is 2.33. The smallest absolute Gasteiger partial charge is 0.0654 e. The van der Waals surface area contributed by atoms with E-state index in [1.54, 1.807) is 0 Å². The number of rotatable bonds is 2. The molecule has 0 bridgehead atoms. The molecule has 1 fully saturated rings. The van der Waals surface area contributed by atoms with Crippen LogP contribution in [0.25, 0.3) is 10.9 Å². The molecule has 0 radical (unpaired) electrons. The molecule has 3 rings (SSSR count). The quantitative estimate of drug-likeness (QED) is 0.866. The van der Waals surface area contributed by atoms with E-state index in [-0.39, 0.29) is 5.54 Å². The normalized spacial score (nSPS) is 22.0. The molecule has 2 N–H and O–H groups in total. The van der Waals surface area contributed by atoms with Crippen LogP contribution in [0.4, 0.5) is 5.69 Å². The Bertz CT molecular complexity index is 597. The molecule has 0 saturated carbocycles. The lowest BCUT2D eigenvalue weighted by molar-refractivity contribution is 0.454. The lowest BCUT2D eigenvalue weighted by Gasteiger charge is -2.27. The summed E-state index contributed by atoms with van der Waals surface area (Å²) in [6.45, 7) is 7.79. The van der Waals surface area contributed by atoms with Crippen LogP contribution in [-0.2, 0) is 0 Å². The van der Waals surface area contributed by atoms with E-state index in [0.29, 0.717) is 6.04 Å². The minimum absolute atomic E-state index is 0.249. The number of hydrogen-bond acceptors (Lipinski definition) is 2. The Hall–Kier alpha value is -1.48. The van der Waals surface area contributed by atoms with Gasteiger partial charge in [-0.2, -0.15) is 0 Å². The second-order valence-corrected chi connectivity index (χ2v) is 6.38. The monoisotopic (exact) mass is 257 g/mol. The van der Waals surface area contributed by atoms with Crippen LogP contribution in [0.15, 0.2) is 24.3 Å². The number of benzene rings is 1. The maximum absolute atomic E-state index is 3.60. The van der Waals surface area contributed by atoms with Crippen molar-refractivity contribution >= 4 is 16.6 Å². The fourth-order valence-corrected chi connectivity index (χ4v) is 3.30. The Morgan fingerprint density at radius 3 is 2.68 bits per heavy atom. The molecule has 102 valence electrons. The van der Waals surface area contributed by atoms with E-state index in [2.05, 4.69) is 67.3 Å². The highest BCUT2D eigenvalue weighted by molar-refractivity contribution is 5.94. The van der Waals surface area contributed by atoms with Gasteiger partial charge in [-0.05, 0) is 33.3 Å². The van der Waals surface area contributed by atoms with E-state index in [4.69, 9.17) is 0 Å². The molecule has 0 amide bonds. The third kappa shape index (κ3) is 2.12. The summed E-state index contributed by atoms with van der Waals surface area (Å²) in [5, 5.41) is 4.93. The number of nitrogens with zero attached hydrogens (tertiary/aromatic N) is 1. The average molecular weight is 257 g/mol. The average Bonchev–Trinajstić information content (AvgIpc) is 2.87. The van der Waals surface area contributed by atoms with Crippen LogP contribution < -0.4 is 10.2 Å². The first-order chi connectivity index (χ1) is 8.98. The van der Waals surface area contributed by atoms with Crippen LogP contribution in [0, 0.1) is 6.92 Å². The van der Waals surface area contributed by atoms with Crippen molar-refractivity contribution in [2.45, 2.75) is 38.8 Å². The maximum Gasteiger partial charge on any atom is 0.0654 e. The van der Waals surface area contributed by atoms with Crippen molar-refractivity contribution in [2.24, 2.45) is 0 Å². The van der Waals surface area contributed by atoms with Gasteiger partial charge in [-0.3, -0.25) is 0 Å². The molecule has 2 aromatic rings. The van der Waals surface area contributed by atoms with E-state index in [0.717, 1.165) is 6.54 Å². The topological polar surface area (TPSA) is 31.1 Å². The third-order valence-electron chi connectivity index (χ3n) is 4.32. The van der Waals surface area contributed by atoms with E-state index in [1.807, 2.05) is 0 Å². The number of aromatic amines is 1. The van der Waals surface area contributed by atoms with E-state index in [1.165, 1.54) is 28.7 Å². The molecule has 1 aliphatic rings. The van der Waals surface area contributed by atoms with Crippen molar-refractivity contribution in [1.82, 2.24) is 10.3 Å². The first kappa shape index (κ1) is 12.5. The molecule has 1 saturated heterocycles. The minimum Gasteiger partial charge on any atom is -0.368 e. The van der Waals surface area contributed by atoms with Gasteiger partial charge in [-0.15, -0.1) is 0 Å². The molecule has 19 heavy (non-hydrogen) atoms. The summed E-state index contributed by atoms with van der Waals surface area (Å²) < 4.78 is 0. The summed E-state index contributed by atoms with van der Waals surface area (Å²) >= 11 is 0. The fourth-order valence-electron chi connectivity index (χ4n) is 3.30. The molecular weight excluding hydrogens is 234 g/mol. The molecule has 0 spiro atoms. The summed E-state index contributed by atoms with van der Waals surface area (Å²) in [6.07, 6.45) is 1.18. The van der Waals surface area contributed by atoms with Gasteiger partial charge in [0.2, 0.25) is 0 Å². The Morgan fingerprint density at radius 2 is 2.00 bits per heavy atom. The van der Waals surface area contributed by atoms with Crippen LogP contribution in [0.1, 0.15) is 26.0 Å². The number of hydrogen-bond donors (Lipinski definition) is 2. The second-order valence-electron chi connectivity index (χ2n) is 6.38. The highest BCUT2D eigenvalue weighted by atomic mass is 15.2. The molecule has 1 aromatic heterocycles. The van der Waals surface area contributed by atoms with E-state index < -0.39 is 0 Å². The lowest BCUT2D eigenvalue weighted by atomic mass is 10.0. The van der Waals surface area contributed by atoms with Crippen molar-refractivity contribution in [3.8, 4) is 0 Å². The van der Waals surface area contributed by atoms with Crippen molar-refractivity contribution < 1.29 is 0 Å². The minimum atomic E-state index is 0.249. The molecule has 3 nitrogen and oxygen atoms in total. The number of para-hydroxylation sites is 1. The van der Waals surface area contributed by atoms with Crippen molar-refractivity contribution in [3.63, 3.8) is 0 Å². The van der Waals surface area contributed by atoms with Crippen LogP contribution in [0.3, 0.4) is 0 Å². The van der Waals surface area contributed by atoms with Crippen LogP contribution in [0.5, 0.6) is 0 Å². The van der Waals surface area contributed by atoms with Crippen molar-refractivity contribution in [2.75, 3.05) is 18.5 Å². The Balaban J connectivity index is 1.98. The van der Waals surface area contributed by atoms with Gasteiger partial charge in [-0.1, -0.05) is 18.2 Å². The van der Waals surface area contributed by atoms with Gasteiger partial charge in [0.15, 0.2) is 0 Å². The Kier molecular flexibility index (Phi) is 2.82. The van der Waals surface area contributed by atoms with E-state index in [9.17, 15) is 0 Å². The zero-order chi connectivity index (χ0) is 13.6. The van der Waals surface area contributed by atoms with Gasteiger partial charge >= 0.3 is 0 Å². The van der Waals surface area contributed by atoms with Gasteiger partial charge in [0.05, 0.1) is 5.69 Å². The largest absolute Gasteiger partial charge is 0.368 e. The summed E-state index contributed by atoms with van der Waals surface area (Å²) in [5.41, 5.74) is 4.08. The molecule has 1 unspecified atom stereocenters. The maximum atomic E-state index is 3.60. The number of likely N-dealkylation sites (N-methyl/N-ethyl adjacent to an activating group) is 1. The number of fused-ring (bicyclic) bond motifs is 1. The Labute approximate surface area is 115 Å². The van der Waals surface area contributed by atoms with E-state index >= 15 is 0 Å². The zero-order valence-electron chi connectivity index (χ0n) is 12.2. The number of anilines is 1. The highest BCUT2D eigenvalue weighted by Crippen LogP contribution is 2.33. The molecule has 1 aliphatic heterocycles. The number of nitrogens with one attached hydrogen (secondary N) is 2. The standard InChI is InChI=1S/C16H23N3/c1-11-15(13-7-5-6-8-14(13)18-11)19(4)12-9-16(2,3)17-10-12/h5-8,12,17-18H,9-10H2,1-4H3. The van der Waals surface area contributed by atoms with Gasteiger partial charge in [0, 0.05) is 41.8 Å². The summed E-state index contributed by atoms with van der Waals surface area (Å²) in [5.74, 6) is 0. The second kappa shape index (κ2) is 4.27. The zero-order valence-corrected chi connectivity index (χ0v) is 12.2. The first-order valence-electron chi connectivity index (χ1n) is 7.03. The van der Waals surface area contributed by atoms with Gasteiger partial charge in [0.25, 0.3) is 0 Å². The first-order valence-corrected chi connectivity index (χ1v) is 7.03. The van der Waals surface area contributed by atoms with Crippen LogP contribution in [0.2, 0.25) is 0 Å². The van der Waals surface area contributed by atoms with Gasteiger partial charge in [0.1, 0.15) is 0 Å². The molecule has 0 aliphatic carbocycles. The lowest BCUT2D eigenvalue weighted by Crippen LogP contribution is -2.33. The summed E-state index contributed by atoms with van der Waals surface area (Å²) in [4.78, 5) is 5.93. The van der Waals surface area contributed by atoms with Crippen molar-refractivity contribution in [3.05, 3.63) is 30.0 Å². The SMILES string of the molecule is Cc1[nH]c2ccccc2c1N(C)C1CNC(C)(C)C1. The number of H-pyrrole nitrogens is 1. The van der Waals surface area contributed by atoms with Crippen LogP contribution >= 0.6 is 0 Å². The summed E-state index contributed by atoms with van der Waals surface area (Å²) in [6, 6.07) is 9.12.